The third-order valence-corrected chi connectivity index (χ3v) is 4.52. The summed E-state index contributed by atoms with van der Waals surface area (Å²) in [7, 11) is 0. The largest absolute Gasteiger partial charge is 1.00 e. The van der Waals surface area contributed by atoms with E-state index in [1.807, 2.05) is 13.0 Å². The fraction of sp³-hybridized carbons (Fsp3) is 0.765. The molecule has 0 heterocycles. The SMILES string of the molecule is C/C=C/CCCCC[N+](CO)(C(CC)C(=O)[O-])C(CC)C(=O)O.[K+]. The molecule has 0 saturated carbocycles. The number of aliphatic hydroxyl groups excluding tert-OH is 1. The van der Waals surface area contributed by atoms with Crippen molar-refractivity contribution in [3.63, 3.8) is 0 Å². The topological polar surface area (TPSA) is 97.7 Å². The van der Waals surface area contributed by atoms with Gasteiger partial charge >= 0.3 is 57.4 Å². The van der Waals surface area contributed by atoms with Gasteiger partial charge in [0.15, 0.2) is 12.8 Å². The monoisotopic (exact) mass is 368 g/mol. The molecule has 0 radical (unpaired) electrons. The van der Waals surface area contributed by atoms with Crippen LogP contribution in [-0.2, 0) is 9.59 Å². The first-order valence-electron chi connectivity index (χ1n) is 8.43. The first-order valence-corrected chi connectivity index (χ1v) is 8.43. The Morgan fingerprint density at radius 3 is 2.08 bits per heavy atom. The molecule has 0 aromatic carbocycles. The minimum absolute atomic E-state index is 0. The van der Waals surface area contributed by atoms with Crippen LogP contribution in [0.2, 0.25) is 0 Å². The molecule has 0 saturated heterocycles. The Morgan fingerprint density at radius 1 is 1.12 bits per heavy atom. The van der Waals surface area contributed by atoms with E-state index in [-0.39, 0.29) is 68.7 Å². The molecule has 0 spiro atoms. The average molecular weight is 369 g/mol. The number of rotatable bonds is 13. The second-order valence-corrected chi connectivity index (χ2v) is 5.89. The number of hydrogen-bond donors (Lipinski definition) is 2. The minimum atomic E-state index is -1.30. The van der Waals surface area contributed by atoms with E-state index in [0.717, 1.165) is 19.3 Å². The Balaban J connectivity index is 0. The summed E-state index contributed by atoms with van der Waals surface area (Å²) < 4.78 is -0.353. The van der Waals surface area contributed by atoms with E-state index in [0.29, 0.717) is 13.0 Å². The summed E-state index contributed by atoms with van der Waals surface area (Å²) in [6.45, 7) is 5.16. The molecule has 0 aromatic heterocycles. The zero-order valence-electron chi connectivity index (χ0n) is 15.5. The van der Waals surface area contributed by atoms with Crippen LogP contribution in [0.15, 0.2) is 12.2 Å². The molecule has 0 amide bonds. The van der Waals surface area contributed by atoms with Crippen LogP contribution in [0.25, 0.3) is 0 Å². The van der Waals surface area contributed by atoms with Crippen molar-refractivity contribution in [3.05, 3.63) is 12.2 Å². The normalized spacial score (nSPS) is 16.2. The molecule has 3 unspecified atom stereocenters. The third kappa shape index (κ3) is 7.64. The number of carboxylic acid groups (broad SMARTS) is 2. The number of carbonyl (C=O) groups excluding carboxylic acids is 1. The van der Waals surface area contributed by atoms with Crippen LogP contribution in [0.4, 0.5) is 0 Å². The Morgan fingerprint density at radius 2 is 1.71 bits per heavy atom. The van der Waals surface area contributed by atoms with Crippen LogP contribution in [0, 0.1) is 0 Å². The summed E-state index contributed by atoms with van der Waals surface area (Å²) in [5.41, 5.74) is 0. The van der Waals surface area contributed by atoms with E-state index in [1.165, 1.54) is 0 Å². The standard InChI is InChI=1S/C17H31NO5.K/c1-4-7-8-9-10-11-12-18(13-19,14(5-2)16(20)21)15(6-3)17(22)23;/h4,7,14-15,19H,5-6,8-13H2,1-3H3,(H-,20,21,22,23);/q;+1/b7-4+;. The van der Waals surface area contributed by atoms with Crippen molar-refractivity contribution in [1.29, 1.82) is 0 Å². The van der Waals surface area contributed by atoms with Gasteiger partial charge in [0.1, 0.15) is 6.04 Å². The van der Waals surface area contributed by atoms with E-state index < -0.39 is 30.8 Å². The number of carbonyl (C=O) groups is 2. The number of allylic oxidation sites excluding steroid dienone is 2. The summed E-state index contributed by atoms with van der Waals surface area (Å²) >= 11 is 0. The van der Waals surface area contributed by atoms with Crippen LogP contribution in [-0.4, -0.2) is 52.0 Å². The Labute approximate surface area is 187 Å². The third-order valence-electron chi connectivity index (χ3n) is 4.52. The van der Waals surface area contributed by atoms with Gasteiger partial charge in [0.2, 0.25) is 0 Å². The molecule has 0 rings (SSSR count). The number of nitrogens with zero attached hydrogens (tertiary/aromatic N) is 1. The fourth-order valence-electron chi connectivity index (χ4n) is 3.31. The van der Waals surface area contributed by atoms with Gasteiger partial charge in [-0.1, -0.05) is 26.0 Å². The first-order chi connectivity index (χ1) is 10.9. The van der Waals surface area contributed by atoms with Gasteiger partial charge in [-0.25, -0.2) is 4.79 Å². The first kappa shape index (κ1) is 26.5. The summed E-state index contributed by atoms with van der Waals surface area (Å²) in [5, 5.41) is 30.9. The fourth-order valence-corrected chi connectivity index (χ4v) is 3.31. The molecule has 0 aromatic rings. The van der Waals surface area contributed by atoms with Gasteiger partial charge in [0.05, 0.1) is 12.5 Å². The van der Waals surface area contributed by atoms with Crippen molar-refractivity contribution >= 4 is 11.9 Å². The van der Waals surface area contributed by atoms with Gasteiger partial charge in [0.25, 0.3) is 0 Å². The summed E-state index contributed by atoms with van der Waals surface area (Å²) in [6.07, 6.45) is 7.98. The maximum absolute atomic E-state index is 11.6. The van der Waals surface area contributed by atoms with Gasteiger partial charge in [-0.05, 0) is 32.6 Å². The van der Waals surface area contributed by atoms with Crippen LogP contribution in [0.1, 0.15) is 59.3 Å². The molecule has 134 valence electrons. The van der Waals surface area contributed by atoms with Crippen molar-refractivity contribution in [3.8, 4) is 0 Å². The number of unbranched alkanes of at least 4 members (excludes halogenated alkanes) is 3. The summed E-state index contributed by atoms with van der Waals surface area (Å²) in [4.78, 5) is 23.1. The summed E-state index contributed by atoms with van der Waals surface area (Å²) in [6, 6.07) is -1.96. The Kier molecular flexibility index (Phi) is 15.9. The maximum Gasteiger partial charge on any atom is 1.00 e. The molecular weight excluding hydrogens is 337 g/mol. The molecule has 7 heteroatoms. The molecule has 0 aliphatic heterocycles. The second-order valence-electron chi connectivity index (χ2n) is 5.89. The molecule has 24 heavy (non-hydrogen) atoms. The van der Waals surface area contributed by atoms with Crippen molar-refractivity contribution in [2.75, 3.05) is 13.3 Å². The number of aliphatic carboxylic acids is 2. The quantitative estimate of drug-likeness (QED) is 0.133. The number of carboxylic acids is 2. The molecule has 0 aliphatic rings. The van der Waals surface area contributed by atoms with Crippen molar-refractivity contribution in [1.82, 2.24) is 0 Å². The van der Waals surface area contributed by atoms with Crippen molar-refractivity contribution in [2.24, 2.45) is 0 Å². The van der Waals surface area contributed by atoms with Gasteiger partial charge in [-0.3, -0.25) is 4.48 Å². The zero-order chi connectivity index (χ0) is 17.9. The van der Waals surface area contributed by atoms with E-state index in [9.17, 15) is 24.9 Å². The Bertz CT molecular complexity index is 378. The average Bonchev–Trinajstić information content (AvgIpc) is 2.50. The van der Waals surface area contributed by atoms with Crippen LogP contribution >= 0.6 is 0 Å². The van der Waals surface area contributed by atoms with Gasteiger partial charge in [-0.2, -0.15) is 0 Å². The number of hydrogen-bond acceptors (Lipinski definition) is 4. The molecule has 0 fully saturated rings. The van der Waals surface area contributed by atoms with Crippen molar-refractivity contribution < 1.29 is 80.8 Å². The predicted octanol–water partition coefficient (Wildman–Crippen LogP) is -1.71. The molecule has 0 aliphatic carbocycles. The smallest absolute Gasteiger partial charge is 0.544 e. The van der Waals surface area contributed by atoms with Crippen LogP contribution in [0.3, 0.4) is 0 Å². The maximum atomic E-state index is 11.6. The van der Waals surface area contributed by atoms with Crippen molar-refractivity contribution in [2.45, 2.75) is 71.4 Å². The molecule has 6 nitrogen and oxygen atoms in total. The number of quaternary nitrogens is 1. The van der Waals surface area contributed by atoms with E-state index >= 15 is 0 Å². The molecular formula is C17H31KNO5+. The second kappa shape index (κ2) is 14.4. The Hall–Kier alpha value is 0.236. The van der Waals surface area contributed by atoms with E-state index in [2.05, 4.69) is 6.08 Å². The van der Waals surface area contributed by atoms with Gasteiger partial charge in [-0.15, -0.1) is 0 Å². The minimum Gasteiger partial charge on any atom is -0.544 e. The summed E-state index contributed by atoms with van der Waals surface area (Å²) in [5.74, 6) is -2.37. The predicted molar refractivity (Wildman–Crippen MR) is 86.3 cm³/mol. The van der Waals surface area contributed by atoms with E-state index in [4.69, 9.17) is 0 Å². The molecule has 0 bridgehead atoms. The zero-order valence-corrected chi connectivity index (χ0v) is 18.7. The van der Waals surface area contributed by atoms with Gasteiger partial charge in [0, 0.05) is 12.8 Å². The van der Waals surface area contributed by atoms with Crippen LogP contribution in [0.5, 0.6) is 0 Å². The molecule has 2 N–H and O–H groups in total. The molecule has 3 atom stereocenters. The van der Waals surface area contributed by atoms with Gasteiger partial charge < -0.3 is 20.1 Å². The number of aliphatic hydroxyl groups is 1. The van der Waals surface area contributed by atoms with Crippen LogP contribution < -0.4 is 56.5 Å². The van der Waals surface area contributed by atoms with E-state index in [1.54, 1.807) is 13.8 Å².